The normalized spacial score (nSPS) is 21.5. The molecule has 1 amide bonds. The smallest absolute Gasteiger partial charge is 0.277 e. The number of non-ortho nitro benzene ring substituents is 2. The van der Waals surface area contributed by atoms with Crippen molar-refractivity contribution < 1.29 is 19.4 Å². The fraction of sp³-hybridized carbons (Fsp3) is 0.462. The van der Waals surface area contributed by atoms with Crippen molar-refractivity contribution in [3.63, 3.8) is 0 Å². The highest BCUT2D eigenvalue weighted by Gasteiger charge is 2.28. The molecule has 0 aromatic heterocycles. The van der Waals surface area contributed by atoms with Crippen molar-refractivity contribution in [3.8, 4) is 0 Å². The molecule has 22 heavy (non-hydrogen) atoms. The van der Waals surface area contributed by atoms with Crippen molar-refractivity contribution in [3.05, 3.63) is 44.0 Å². The van der Waals surface area contributed by atoms with Crippen LogP contribution in [0.5, 0.6) is 0 Å². The highest BCUT2D eigenvalue weighted by atomic mass is 16.6. The van der Waals surface area contributed by atoms with Crippen LogP contribution in [0, 0.1) is 20.2 Å². The van der Waals surface area contributed by atoms with Crippen LogP contribution in [0.3, 0.4) is 0 Å². The predicted molar refractivity (Wildman–Crippen MR) is 75.7 cm³/mol. The molecule has 0 aliphatic carbocycles. The number of rotatable bonds is 3. The summed E-state index contributed by atoms with van der Waals surface area (Å²) in [5.41, 5.74) is -1.03. The summed E-state index contributed by atoms with van der Waals surface area (Å²) in [5, 5.41) is 21.7. The molecule has 0 radical (unpaired) electrons. The molecular formula is C13H15N3O6. The third kappa shape index (κ3) is 3.37. The van der Waals surface area contributed by atoms with Crippen LogP contribution < -0.4 is 0 Å². The van der Waals surface area contributed by atoms with Gasteiger partial charge in [-0.3, -0.25) is 25.0 Å². The first-order chi connectivity index (χ1) is 10.3. The highest BCUT2D eigenvalue weighted by molar-refractivity contribution is 5.95. The summed E-state index contributed by atoms with van der Waals surface area (Å²) in [6, 6.07) is 2.95. The summed E-state index contributed by atoms with van der Waals surface area (Å²) < 4.78 is 5.52. The van der Waals surface area contributed by atoms with E-state index in [-0.39, 0.29) is 17.8 Å². The van der Waals surface area contributed by atoms with Crippen molar-refractivity contribution in [2.24, 2.45) is 0 Å². The van der Waals surface area contributed by atoms with Gasteiger partial charge in [-0.1, -0.05) is 0 Å². The zero-order valence-corrected chi connectivity index (χ0v) is 12.1. The lowest BCUT2D eigenvalue weighted by atomic mass is 10.1. The van der Waals surface area contributed by atoms with Crippen LogP contribution in [-0.4, -0.2) is 46.0 Å². The Morgan fingerprint density at radius 2 is 1.55 bits per heavy atom. The number of benzene rings is 1. The van der Waals surface area contributed by atoms with Crippen LogP contribution in [0.1, 0.15) is 24.2 Å². The van der Waals surface area contributed by atoms with Gasteiger partial charge in [0.1, 0.15) is 0 Å². The Morgan fingerprint density at radius 1 is 1.09 bits per heavy atom. The first-order valence-corrected chi connectivity index (χ1v) is 6.66. The molecule has 2 atom stereocenters. The lowest BCUT2D eigenvalue weighted by Gasteiger charge is -2.35. The standard InChI is InChI=1S/C13H15N3O6/c1-8-6-14(7-9(2)22-8)13(17)10-3-11(15(18)19)5-12(4-10)16(20)21/h3-5,8-9H,6-7H2,1-2H3/t8-,9-/m1/s1. The van der Waals surface area contributed by atoms with Crippen LogP contribution in [0.2, 0.25) is 0 Å². The lowest BCUT2D eigenvalue weighted by Crippen LogP contribution is -2.48. The Hall–Kier alpha value is -2.55. The van der Waals surface area contributed by atoms with E-state index in [4.69, 9.17) is 4.74 Å². The van der Waals surface area contributed by atoms with Crippen molar-refractivity contribution in [1.82, 2.24) is 4.90 Å². The molecule has 9 heteroatoms. The molecule has 1 aliphatic rings. The molecule has 2 rings (SSSR count). The number of amides is 1. The minimum absolute atomic E-state index is 0.0674. The van der Waals surface area contributed by atoms with Crippen molar-refractivity contribution in [2.75, 3.05) is 13.1 Å². The van der Waals surface area contributed by atoms with E-state index in [1.165, 1.54) is 4.90 Å². The van der Waals surface area contributed by atoms with Crippen molar-refractivity contribution >= 4 is 17.3 Å². The Morgan fingerprint density at radius 3 is 1.95 bits per heavy atom. The lowest BCUT2D eigenvalue weighted by molar-refractivity contribution is -0.394. The minimum Gasteiger partial charge on any atom is -0.372 e. The van der Waals surface area contributed by atoms with E-state index in [1.54, 1.807) is 0 Å². The number of morpholine rings is 1. The molecule has 0 bridgehead atoms. The molecule has 1 fully saturated rings. The van der Waals surface area contributed by atoms with Crippen LogP contribution in [0.15, 0.2) is 18.2 Å². The number of nitro groups is 2. The summed E-state index contributed by atoms with van der Waals surface area (Å²) in [6.45, 7) is 4.29. The summed E-state index contributed by atoms with van der Waals surface area (Å²) in [4.78, 5) is 34.2. The van der Waals surface area contributed by atoms with Gasteiger partial charge in [0, 0.05) is 25.2 Å². The maximum Gasteiger partial charge on any atom is 0.277 e. The van der Waals surface area contributed by atoms with Gasteiger partial charge >= 0.3 is 0 Å². The average molecular weight is 309 g/mol. The van der Waals surface area contributed by atoms with Crippen LogP contribution in [0.4, 0.5) is 11.4 Å². The second-order valence-corrected chi connectivity index (χ2v) is 5.22. The second kappa shape index (κ2) is 6.06. The van der Waals surface area contributed by atoms with Crippen LogP contribution in [0.25, 0.3) is 0 Å². The molecule has 9 nitrogen and oxygen atoms in total. The number of hydrogen-bond acceptors (Lipinski definition) is 6. The molecule has 1 aromatic rings. The monoisotopic (exact) mass is 309 g/mol. The fourth-order valence-corrected chi connectivity index (χ4v) is 2.46. The molecule has 0 saturated carbocycles. The third-order valence-corrected chi connectivity index (χ3v) is 3.28. The largest absolute Gasteiger partial charge is 0.372 e. The quantitative estimate of drug-likeness (QED) is 0.620. The van der Waals surface area contributed by atoms with E-state index in [0.29, 0.717) is 13.1 Å². The third-order valence-electron chi connectivity index (χ3n) is 3.28. The van der Waals surface area contributed by atoms with Gasteiger partial charge in [-0.15, -0.1) is 0 Å². The van der Waals surface area contributed by atoms with Crippen LogP contribution >= 0.6 is 0 Å². The van der Waals surface area contributed by atoms with Gasteiger partial charge in [0.15, 0.2) is 0 Å². The second-order valence-electron chi connectivity index (χ2n) is 5.22. The number of hydrogen-bond donors (Lipinski definition) is 0. The highest BCUT2D eigenvalue weighted by Crippen LogP contribution is 2.24. The maximum atomic E-state index is 12.5. The zero-order chi connectivity index (χ0) is 16.4. The van der Waals surface area contributed by atoms with Crippen LogP contribution in [-0.2, 0) is 4.74 Å². The summed E-state index contributed by atoms with van der Waals surface area (Å²) in [6.07, 6.45) is -0.331. The fourth-order valence-electron chi connectivity index (χ4n) is 2.46. The Balaban J connectivity index is 2.36. The summed E-state index contributed by atoms with van der Waals surface area (Å²) in [7, 11) is 0. The molecule has 1 aromatic carbocycles. The minimum atomic E-state index is -0.756. The van der Waals surface area contributed by atoms with Crippen molar-refractivity contribution in [1.29, 1.82) is 0 Å². The number of nitrogens with zero attached hydrogens (tertiary/aromatic N) is 3. The van der Waals surface area contributed by atoms with E-state index in [2.05, 4.69) is 0 Å². The summed E-state index contributed by atoms with van der Waals surface area (Å²) >= 11 is 0. The van der Waals surface area contributed by atoms with E-state index in [9.17, 15) is 25.0 Å². The van der Waals surface area contributed by atoms with Gasteiger partial charge in [-0.05, 0) is 13.8 Å². The SMILES string of the molecule is C[C@@H]1CN(C(=O)c2cc([N+](=O)[O-])cc([N+](=O)[O-])c2)C[C@@H](C)O1. The topological polar surface area (TPSA) is 116 Å². The molecular weight excluding hydrogens is 294 g/mol. The first kappa shape index (κ1) is 15.8. The molecule has 1 aliphatic heterocycles. The van der Waals surface area contributed by atoms with Gasteiger partial charge in [-0.25, -0.2) is 0 Å². The first-order valence-electron chi connectivity index (χ1n) is 6.66. The maximum absolute atomic E-state index is 12.5. The Bertz CT molecular complexity index is 590. The van der Waals surface area contributed by atoms with Gasteiger partial charge in [-0.2, -0.15) is 0 Å². The van der Waals surface area contributed by atoms with E-state index < -0.39 is 27.1 Å². The average Bonchev–Trinajstić information content (AvgIpc) is 2.44. The molecule has 0 N–H and O–H groups in total. The molecule has 1 saturated heterocycles. The Labute approximate surface area is 125 Å². The molecule has 1 heterocycles. The number of nitro benzene ring substituents is 2. The Kier molecular flexibility index (Phi) is 4.36. The van der Waals surface area contributed by atoms with E-state index >= 15 is 0 Å². The molecule has 0 spiro atoms. The van der Waals surface area contributed by atoms with E-state index in [1.807, 2.05) is 13.8 Å². The zero-order valence-electron chi connectivity index (χ0n) is 12.1. The number of carbonyl (C=O) groups excluding carboxylic acids is 1. The molecule has 118 valence electrons. The number of ether oxygens (including phenoxy) is 1. The van der Waals surface area contributed by atoms with Gasteiger partial charge < -0.3 is 9.64 Å². The van der Waals surface area contributed by atoms with Gasteiger partial charge in [0.25, 0.3) is 17.3 Å². The molecule has 0 unspecified atom stereocenters. The van der Waals surface area contributed by atoms with E-state index in [0.717, 1.165) is 18.2 Å². The number of carbonyl (C=O) groups is 1. The van der Waals surface area contributed by atoms with Crippen molar-refractivity contribution in [2.45, 2.75) is 26.1 Å². The van der Waals surface area contributed by atoms with Gasteiger partial charge in [0.05, 0.1) is 33.7 Å². The van der Waals surface area contributed by atoms with Gasteiger partial charge in [0.2, 0.25) is 0 Å². The summed E-state index contributed by atoms with van der Waals surface area (Å²) in [5.74, 6) is -0.478. The predicted octanol–water partition coefficient (Wildman–Crippen LogP) is 1.75.